The van der Waals surface area contributed by atoms with Crippen LogP contribution in [0.3, 0.4) is 0 Å². The van der Waals surface area contributed by atoms with Gasteiger partial charge in [0.25, 0.3) is 0 Å². The number of nitrogens with zero attached hydrogens (tertiary/aromatic N) is 3. The summed E-state index contributed by atoms with van der Waals surface area (Å²) in [7, 11) is 1.79. The van der Waals surface area contributed by atoms with Gasteiger partial charge in [0.15, 0.2) is 5.82 Å². The predicted molar refractivity (Wildman–Crippen MR) is 86.8 cm³/mol. The van der Waals surface area contributed by atoms with Gasteiger partial charge >= 0.3 is 0 Å². The van der Waals surface area contributed by atoms with Gasteiger partial charge in [-0.1, -0.05) is 0 Å². The molecule has 116 valence electrons. The van der Waals surface area contributed by atoms with E-state index in [1.54, 1.807) is 19.5 Å². The summed E-state index contributed by atoms with van der Waals surface area (Å²) in [5.74, 6) is 1.68. The molecule has 3 rings (SSSR count). The van der Waals surface area contributed by atoms with E-state index in [9.17, 15) is 0 Å². The summed E-state index contributed by atoms with van der Waals surface area (Å²) in [6.45, 7) is 4.09. The first-order valence-corrected chi connectivity index (χ1v) is 7.72. The molecule has 1 aliphatic rings. The Hall–Kier alpha value is -2.01. The lowest BCUT2D eigenvalue weighted by Gasteiger charge is -2.17. The first-order valence-electron chi connectivity index (χ1n) is 7.72. The summed E-state index contributed by atoms with van der Waals surface area (Å²) in [4.78, 5) is 13.4. The largest absolute Gasteiger partial charge is 0.381 e. The Morgan fingerprint density at radius 3 is 2.59 bits per heavy atom. The van der Waals surface area contributed by atoms with Gasteiger partial charge in [-0.3, -0.25) is 4.98 Å². The number of rotatable bonds is 4. The smallest absolute Gasteiger partial charge is 0.161 e. The zero-order valence-corrected chi connectivity index (χ0v) is 13.3. The van der Waals surface area contributed by atoms with Gasteiger partial charge in [0, 0.05) is 42.4 Å². The normalized spacial score (nSPS) is 21.0. The summed E-state index contributed by atoms with van der Waals surface area (Å²) >= 11 is 0. The molecule has 0 amide bonds. The standard InChI is InChI=1S/C17H22N4O/c1-11-12(2)19-17(13-6-8-18-9-7-13)21-16(11)20-14-4-5-15(10-14)22-3/h6-9,14-15H,4-5,10H2,1-3H3,(H,19,20,21). The van der Waals surface area contributed by atoms with Crippen LogP contribution >= 0.6 is 0 Å². The van der Waals surface area contributed by atoms with Crippen molar-refractivity contribution in [2.75, 3.05) is 12.4 Å². The molecular weight excluding hydrogens is 276 g/mol. The van der Waals surface area contributed by atoms with E-state index in [4.69, 9.17) is 9.72 Å². The highest BCUT2D eigenvalue weighted by atomic mass is 16.5. The maximum Gasteiger partial charge on any atom is 0.161 e. The number of pyridine rings is 1. The lowest BCUT2D eigenvalue weighted by Crippen LogP contribution is -2.19. The third-order valence-corrected chi connectivity index (χ3v) is 4.39. The van der Waals surface area contributed by atoms with E-state index in [1.165, 1.54) is 0 Å². The van der Waals surface area contributed by atoms with Gasteiger partial charge in [0.2, 0.25) is 0 Å². The maximum atomic E-state index is 5.45. The van der Waals surface area contributed by atoms with E-state index in [1.807, 2.05) is 19.1 Å². The fraction of sp³-hybridized carbons (Fsp3) is 0.471. The molecule has 0 saturated heterocycles. The second-order valence-corrected chi connectivity index (χ2v) is 5.85. The summed E-state index contributed by atoms with van der Waals surface area (Å²) in [6, 6.07) is 4.29. The molecule has 2 aromatic rings. The van der Waals surface area contributed by atoms with Crippen LogP contribution in [0.1, 0.15) is 30.5 Å². The van der Waals surface area contributed by atoms with Crippen LogP contribution in [0.15, 0.2) is 24.5 Å². The number of nitrogens with one attached hydrogen (secondary N) is 1. The molecule has 1 fully saturated rings. The lowest BCUT2D eigenvalue weighted by atomic mass is 10.2. The first kappa shape index (κ1) is 14.9. The van der Waals surface area contributed by atoms with Crippen molar-refractivity contribution in [1.82, 2.24) is 15.0 Å². The van der Waals surface area contributed by atoms with Crippen LogP contribution in [0.25, 0.3) is 11.4 Å². The number of hydrogen-bond donors (Lipinski definition) is 1. The number of hydrogen-bond acceptors (Lipinski definition) is 5. The van der Waals surface area contributed by atoms with Crippen molar-refractivity contribution in [3.05, 3.63) is 35.8 Å². The predicted octanol–water partition coefficient (Wildman–Crippen LogP) is 3.13. The summed E-state index contributed by atoms with van der Waals surface area (Å²) in [6.07, 6.45) is 7.15. The minimum atomic E-state index is 0.361. The van der Waals surface area contributed by atoms with E-state index in [0.29, 0.717) is 12.1 Å². The number of anilines is 1. The molecule has 2 atom stereocenters. The van der Waals surface area contributed by atoms with Crippen LogP contribution in [-0.2, 0) is 4.74 Å². The average molecular weight is 298 g/mol. The van der Waals surface area contributed by atoms with Crippen molar-refractivity contribution in [2.24, 2.45) is 0 Å². The van der Waals surface area contributed by atoms with Crippen molar-refractivity contribution >= 4 is 5.82 Å². The Labute approximate surface area is 131 Å². The van der Waals surface area contributed by atoms with Crippen LogP contribution in [0, 0.1) is 13.8 Å². The second kappa shape index (κ2) is 6.40. The van der Waals surface area contributed by atoms with Gasteiger partial charge < -0.3 is 10.1 Å². The van der Waals surface area contributed by atoms with Gasteiger partial charge in [0.05, 0.1) is 6.10 Å². The molecule has 0 bridgehead atoms. The number of methoxy groups -OCH3 is 1. The molecule has 0 aliphatic heterocycles. The van der Waals surface area contributed by atoms with Crippen LogP contribution in [-0.4, -0.2) is 34.2 Å². The molecular formula is C17H22N4O. The molecule has 2 aromatic heterocycles. The Morgan fingerprint density at radius 1 is 1.14 bits per heavy atom. The molecule has 1 N–H and O–H groups in total. The van der Waals surface area contributed by atoms with Crippen molar-refractivity contribution in [1.29, 1.82) is 0 Å². The van der Waals surface area contributed by atoms with E-state index < -0.39 is 0 Å². The molecule has 0 aromatic carbocycles. The minimum absolute atomic E-state index is 0.361. The molecule has 2 unspecified atom stereocenters. The highest BCUT2D eigenvalue weighted by Gasteiger charge is 2.25. The summed E-state index contributed by atoms with van der Waals surface area (Å²) in [5.41, 5.74) is 3.10. The quantitative estimate of drug-likeness (QED) is 0.939. The zero-order chi connectivity index (χ0) is 15.5. The number of aryl methyl sites for hydroxylation is 1. The number of ether oxygens (including phenoxy) is 1. The topological polar surface area (TPSA) is 59.9 Å². The molecule has 5 heteroatoms. The maximum absolute atomic E-state index is 5.45. The fourth-order valence-corrected chi connectivity index (χ4v) is 2.88. The van der Waals surface area contributed by atoms with E-state index >= 15 is 0 Å². The van der Waals surface area contributed by atoms with Crippen molar-refractivity contribution < 1.29 is 4.74 Å². The monoisotopic (exact) mass is 298 g/mol. The van der Waals surface area contributed by atoms with Gasteiger partial charge in [-0.15, -0.1) is 0 Å². The third kappa shape index (κ3) is 3.09. The van der Waals surface area contributed by atoms with E-state index in [0.717, 1.165) is 47.7 Å². The molecule has 1 saturated carbocycles. The summed E-state index contributed by atoms with van der Waals surface area (Å²) in [5, 5.41) is 3.58. The Balaban J connectivity index is 1.86. The Morgan fingerprint density at radius 2 is 1.91 bits per heavy atom. The highest BCUT2D eigenvalue weighted by molar-refractivity contribution is 5.59. The van der Waals surface area contributed by atoms with Crippen LogP contribution in [0.4, 0.5) is 5.82 Å². The third-order valence-electron chi connectivity index (χ3n) is 4.39. The van der Waals surface area contributed by atoms with Gasteiger partial charge in [0.1, 0.15) is 5.82 Å². The Kier molecular flexibility index (Phi) is 4.34. The van der Waals surface area contributed by atoms with E-state index in [-0.39, 0.29) is 0 Å². The fourth-order valence-electron chi connectivity index (χ4n) is 2.88. The van der Waals surface area contributed by atoms with Crippen molar-refractivity contribution in [2.45, 2.75) is 45.3 Å². The second-order valence-electron chi connectivity index (χ2n) is 5.85. The van der Waals surface area contributed by atoms with Gasteiger partial charge in [-0.2, -0.15) is 0 Å². The van der Waals surface area contributed by atoms with Gasteiger partial charge in [-0.05, 0) is 45.2 Å². The Bertz CT molecular complexity index is 645. The molecule has 5 nitrogen and oxygen atoms in total. The zero-order valence-electron chi connectivity index (χ0n) is 13.3. The van der Waals surface area contributed by atoms with Crippen LogP contribution in [0.5, 0.6) is 0 Å². The van der Waals surface area contributed by atoms with Crippen LogP contribution in [0.2, 0.25) is 0 Å². The SMILES string of the molecule is COC1CCC(Nc2nc(-c3ccncc3)nc(C)c2C)C1. The average Bonchev–Trinajstić information content (AvgIpc) is 3.00. The molecule has 0 spiro atoms. The van der Waals surface area contributed by atoms with Crippen molar-refractivity contribution in [3.8, 4) is 11.4 Å². The molecule has 1 aliphatic carbocycles. The molecule has 2 heterocycles. The van der Waals surface area contributed by atoms with Crippen LogP contribution < -0.4 is 5.32 Å². The minimum Gasteiger partial charge on any atom is -0.381 e. The lowest BCUT2D eigenvalue weighted by molar-refractivity contribution is 0.108. The summed E-state index contributed by atoms with van der Waals surface area (Å²) < 4.78 is 5.45. The van der Waals surface area contributed by atoms with Gasteiger partial charge in [-0.25, -0.2) is 9.97 Å². The first-order chi connectivity index (χ1) is 10.7. The molecule has 22 heavy (non-hydrogen) atoms. The van der Waals surface area contributed by atoms with Crippen molar-refractivity contribution in [3.63, 3.8) is 0 Å². The molecule has 0 radical (unpaired) electrons. The number of aromatic nitrogens is 3. The highest BCUT2D eigenvalue weighted by Crippen LogP contribution is 2.27. The van der Waals surface area contributed by atoms with E-state index in [2.05, 4.69) is 22.2 Å².